The van der Waals surface area contributed by atoms with Crippen LogP contribution in [0.15, 0.2) is 48.5 Å². The SMILES string of the molecule is CCOc1ccc(NC(=O)C[C@H]2C(=O)N(c3ccc(Cl)cc3)C(=S)N2CCCN2CCCCC2)cc1. The second kappa shape index (κ2) is 12.5. The summed E-state index contributed by atoms with van der Waals surface area (Å²) in [6, 6.07) is 13.6. The number of hydrogen-bond acceptors (Lipinski definition) is 5. The number of ether oxygens (including phenoxy) is 1. The number of likely N-dealkylation sites (tertiary alicyclic amines) is 1. The Balaban J connectivity index is 1.45. The van der Waals surface area contributed by atoms with Crippen molar-refractivity contribution in [3.8, 4) is 5.75 Å². The standard InChI is InChI=1S/C27H33ClN4O3S/c1-2-35-23-13-9-21(10-14-23)29-25(33)19-24-26(34)32(22-11-7-20(28)8-12-22)27(36)31(24)18-6-17-30-15-4-3-5-16-30/h7-14,24H,2-6,15-19H2,1H3,(H,29,33)/t24-/m0/s1. The first kappa shape index (κ1) is 26.4. The number of benzene rings is 2. The van der Waals surface area contributed by atoms with Crippen LogP contribution in [-0.2, 0) is 9.59 Å². The number of carbonyl (C=O) groups is 2. The summed E-state index contributed by atoms with van der Waals surface area (Å²) >= 11 is 11.8. The fraction of sp³-hybridized carbons (Fsp3) is 0.444. The molecule has 192 valence electrons. The molecule has 9 heteroatoms. The quantitative estimate of drug-likeness (QED) is 0.440. The van der Waals surface area contributed by atoms with Gasteiger partial charge in [0.15, 0.2) is 5.11 Å². The molecule has 2 aliphatic rings. The summed E-state index contributed by atoms with van der Waals surface area (Å²) in [6.07, 6.45) is 4.65. The van der Waals surface area contributed by atoms with Crippen molar-refractivity contribution < 1.29 is 14.3 Å². The number of halogens is 1. The molecule has 0 unspecified atom stereocenters. The Morgan fingerprint density at radius 3 is 2.42 bits per heavy atom. The third-order valence-electron chi connectivity index (χ3n) is 6.55. The summed E-state index contributed by atoms with van der Waals surface area (Å²) in [6.45, 7) is 6.31. The highest BCUT2D eigenvalue weighted by atomic mass is 35.5. The molecular formula is C27H33ClN4O3S. The molecule has 0 aromatic heterocycles. The van der Waals surface area contributed by atoms with E-state index >= 15 is 0 Å². The van der Waals surface area contributed by atoms with Crippen LogP contribution < -0.4 is 15.0 Å². The van der Waals surface area contributed by atoms with Gasteiger partial charge < -0.3 is 19.9 Å². The maximum absolute atomic E-state index is 13.5. The molecule has 7 nitrogen and oxygen atoms in total. The summed E-state index contributed by atoms with van der Waals surface area (Å²) in [5, 5.41) is 3.92. The molecule has 2 heterocycles. The Bertz CT molecular complexity index is 1060. The van der Waals surface area contributed by atoms with Crippen LogP contribution in [0, 0.1) is 0 Å². The Morgan fingerprint density at radius 2 is 1.75 bits per heavy atom. The van der Waals surface area contributed by atoms with Crippen LogP contribution in [0.1, 0.15) is 39.0 Å². The molecule has 0 saturated carbocycles. The van der Waals surface area contributed by atoms with Crippen LogP contribution in [-0.4, -0.2) is 65.6 Å². The van der Waals surface area contributed by atoms with Gasteiger partial charge in [-0.15, -0.1) is 0 Å². The third-order valence-corrected chi connectivity index (χ3v) is 7.22. The van der Waals surface area contributed by atoms with Crippen LogP contribution in [0.4, 0.5) is 11.4 Å². The van der Waals surface area contributed by atoms with E-state index in [0.29, 0.717) is 34.7 Å². The van der Waals surface area contributed by atoms with Gasteiger partial charge in [0.2, 0.25) is 5.91 Å². The van der Waals surface area contributed by atoms with E-state index in [1.807, 2.05) is 24.0 Å². The lowest BCUT2D eigenvalue weighted by Crippen LogP contribution is -2.40. The molecule has 0 bridgehead atoms. The van der Waals surface area contributed by atoms with Gasteiger partial charge in [-0.2, -0.15) is 0 Å². The van der Waals surface area contributed by atoms with Gasteiger partial charge in [0.1, 0.15) is 11.8 Å². The van der Waals surface area contributed by atoms with E-state index in [-0.39, 0.29) is 18.2 Å². The third kappa shape index (κ3) is 6.55. The molecule has 0 aliphatic carbocycles. The topological polar surface area (TPSA) is 65.1 Å². The fourth-order valence-electron chi connectivity index (χ4n) is 4.75. The van der Waals surface area contributed by atoms with Crippen molar-refractivity contribution in [1.82, 2.24) is 9.80 Å². The monoisotopic (exact) mass is 528 g/mol. The first-order chi connectivity index (χ1) is 17.5. The van der Waals surface area contributed by atoms with Gasteiger partial charge in [-0.1, -0.05) is 18.0 Å². The number of thiocarbonyl (C=S) groups is 1. The van der Waals surface area contributed by atoms with Gasteiger partial charge in [0, 0.05) is 17.3 Å². The predicted octanol–water partition coefficient (Wildman–Crippen LogP) is 4.95. The predicted molar refractivity (Wildman–Crippen MR) is 148 cm³/mol. The van der Waals surface area contributed by atoms with Crippen LogP contribution in [0.5, 0.6) is 5.75 Å². The average Bonchev–Trinajstić information content (AvgIpc) is 3.10. The molecule has 2 aromatic rings. The minimum Gasteiger partial charge on any atom is -0.494 e. The molecule has 36 heavy (non-hydrogen) atoms. The highest BCUT2D eigenvalue weighted by Crippen LogP contribution is 2.29. The normalized spacial score (nSPS) is 18.6. The number of piperidine rings is 1. The molecule has 1 atom stereocenters. The number of nitrogens with zero attached hydrogens (tertiary/aromatic N) is 3. The van der Waals surface area contributed by atoms with Crippen molar-refractivity contribution in [3.63, 3.8) is 0 Å². The number of hydrogen-bond donors (Lipinski definition) is 1. The molecule has 2 fully saturated rings. The summed E-state index contributed by atoms with van der Waals surface area (Å²) < 4.78 is 5.46. The molecule has 4 rings (SSSR count). The van der Waals surface area contributed by atoms with Crippen LogP contribution >= 0.6 is 23.8 Å². The molecule has 0 spiro atoms. The molecule has 2 amide bonds. The van der Waals surface area contributed by atoms with Crippen molar-refractivity contribution in [1.29, 1.82) is 0 Å². The van der Waals surface area contributed by atoms with Gasteiger partial charge >= 0.3 is 0 Å². The minimum atomic E-state index is -0.655. The first-order valence-electron chi connectivity index (χ1n) is 12.6. The Morgan fingerprint density at radius 1 is 1.06 bits per heavy atom. The molecule has 2 aromatic carbocycles. The lowest BCUT2D eigenvalue weighted by molar-refractivity contribution is -0.124. The molecule has 1 N–H and O–H groups in total. The highest BCUT2D eigenvalue weighted by Gasteiger charge is 2.43. The van der Waals surface area contributed by atoms with Crippen LogP contribution in [0.3, 0.4) is 0 Å². The lowest BCUT2D eigenvalue weighted by atomic mass is 10.1. The summed E-state index contributed by atoms with van der Waals surface area (Å²) in [5.41, 5.74) is 1.31. The van der Waals surface area contributed by atoms with Crippen molar-refractivity contribution >= 4 is 52.1 Å². The van der Waals surface area contributed by atoms with Crippen molar-refractivity contribution in [2.24, 2.45) is 0 Å². The zero-order valence-electron chi connectivity index (χ0n) is 20.6. The number of rotatable bonds is 10. The van der Waals surface area contributed by atoms with Crippen molar-refractivity contribution in [2.45, 2.75) is 45.1 Å². The highest BCUT2D eigenvalue weighted by molar-refractivity contribution is 7.80. The molecule has 0 radical (unpaired) electrons. The maximum atomic E-state index is 13.5. The molecule has 2 saturated heterocycles. The van der Waals surface area contributed by atoms with Gasteiger partial charge in [-0.3, -0.25) is 14.5 Å². The minimum absolute atomic E-state index is 0.0139. The number of carbonyl (C=O) groups excluding carboxylic acids is 2. The summed E-state index contributed by atoms with van der Waals surface area (Å²) in [5.74, 6) is 0.312. The smallest absolute Gasteiger partial charge is 0.256 e. The van der Waals surface area contributed by atoms with Crippen LogP contribution in [0.2, 0.25) is 5.02 Å². The number of anilines is 2. The van der Waals surface area contributed by atoms with E-state index in [9.17, 15) is 9.59 Å². The first-order valence-corrected chi connectivity index (χ1v) is 13.4. The van der Waals surface area contributed by atoms with E-state index < -0.39 is 6.04 Å². The van der Waals surface area contributed by atoms with Gasteiger partial charge in [0.25, 0.3) is 5.91 Å². The number of amides is 2. The lowest BCUT2D eigenvalue weighted by Gasteiger charge is -2.28. The fourth-order valence-corrected chi connectivity index (χ4v) is 5.29. The van der Waals surface area contributed by atoms with Crippen molar-refractivity contribution in [3.05, 3.63) is 53.6 Å². The second-order valence-electron chi connectivity index (χ2n) is 9.11. The van der Waals surface area contributed by atoms with Gasteiger partial charge in [-0.25, -0.2) is 0 Å². The zero-order chi connectivity index (χ0) is 25.5. The summed E-state index contributed by atoms with van der Waals surface area (Å²) in [4.78, 5) is 32.4. The maximum Gasteiger partial charge on any atom is 0.256 e. The number of nitrogens with one attached hydrogen (secondary N) is 1. The summed E-state index contributed by atoms with van der Waals surface area (Å²) in [7, 11) is 0. The zero-order valence-corrected chi connectivity index (χ0v) is 22.2. The Labute approximate surface area is 223 Å². The van der Waals surface area contributed by atoms with Crippen molar-refractivity contribution in [2.75, 3.05) is 43.0 Å². The van der Waals surface area contributed by atoms with E-state index in [4.69, 9.17) is 28.6 Å². The molecular weight excluding hydrogens is 496 g/mol. The molecule has 2 aliphatic heterocycles. The van der Waals surface area contributed by atoms with E-state index in [2.05, 4.69) is 10.2 Å². The van der Waals surface area contributed by atoms with Gasteiger partial charge in [-0.05, 0) is 107 Å². The van der Waals surface area contributed by atoms with E-state index in [0.717, 1.165) is 31.8 Å². The van der Waals surface area contributed by atoms with Gasteiger partial charge in [0.05, 0.1) is 18.7 Å². The van der Waals surface area contributed by atoms with E-state index in [1.165, 1.54) is 24.2 Å². The van der Waals surface area contributed by atoms with Crippen LogP contribution in [0.25, 0.3) is 0 Å². The van der Waals surface area contributed by atoms with E-state index in [1.54, 1.807) is 36.4 Å². The second-order valence-corrected chi connectivity index (χ2v) is 9.91. The largest absolute Gasteiger partial charge is 0.494 e. The average molecular weight is 529 g/mol. The Hall–Kier alpha value is -2.68. The Kier molecular flexibility index (Phi) is 9.18.